The number of rotatable bonds is 9. The fourth-order valence-electron chi connectivity index (χ4n) is 3.60. The lowest BCUT2D eigenvalue weighted by atomic mass is 9.97. The Kier molecular flexibility index (Phi) is 9.94. The molecule has 5 atom stereocenters. The van der Waals surface area contributed by atoms with E-state index < -0.39 is 53.6 Å². The van der Waals surface area contributed by atoms with Crippen LogP contribution in [-0.4, -0.2) is 83.3 Å². The molecule has 37 heavy (non-hydrogen) atoms. The maximum atomic E-state index is 12.9. The highest BCUT2D eigenvalue weighted by Gasteiger charge is 2.50. The van der Waals surface area contributed by atoms with Crippen LogP contribution in [0.3, 0.4) is 0 Å². The van der Waals surface area contributed by atoms with Crippen molar-refractivity contribution in [3.05, 3.63) is 33.4 Å². The zero-order valence-corrected chi connectivity index (χ0v) is 21.7. The van der Waals surface area contributed by atoms with Gasteiger partial charge in [0.05, 0.1) is 5.02 Å². The van der Waals surface area contributed by atoms with Crippen LogP contribution < -0.4 is 5.43 Å². The van der Waals surface area contributed by atoms with Gasteiger partial charge in [0.1, 0.15) is 42.1 Å². The number of aromatic nitrogens is 1. The molecule has 2 aliphatic rings. The fraction of sp³-hybridized carbons (Fsp3) is 0.571. The third-order valence-corrected chi connectivity index (χ3v) is 6.63. The number of esters is 3. The van der Waals surface area contributed by atoms with Gasteiger partial charge in [-0.1, -0.05) is 28.5 Å². The molecule has 200 valence electrons. The average Bonchev–Trinajstić information content (AvgIpc) is 2.78. The Balaban J connectivity index is 1.99. The van der Waals surface area contributed by atoms with E-state index in [0.29, 0.717) is 13.1 Å². The molecular weight excluding hydrogens is 532 g/mol. The first-order valence-electron chi connectivity index (χ1n) is 11.1. The van der Waals surface area contributed by atoms with Crippen molar-refractivity contribution in [2.45, 2.75) is 61.9 Å². The molecule has 0 bridgehead atoms. The summed E-state index contributed by atoms with van der Waals surface area (Å²) in [6.45, 7) is 4.51. The zero-order chi connectivity index (χ0) is 27.1. The van der Waals surface area contributed by atoms with Crippen molar-refractivity contribution in [2.75, 3.05) is 19.7 Å². The monoisotopic (exact) mass is 556 g/mol. The molecule has 0 aromatic carbocycles. The summed E-state index contributed by atoms with van der Waals surface area (Å²) in [5.41, 5.74) is 10.9. The second kappa shape index (κ2) is 12.9. The zero-order valence-electron chi connectivity index (χ0n) is 20.2. The molecule has 14 nitrogen and oxygen atoms in total. The van der Waals surface area contributed by atoms with Gasteiger partial charge in [0.25, 0.3) is 5.91 Å². The average molecular weight is 557 g/mol. The SMILES string of the molecule is CC(=O)OC[C@H]1O[C@H](Sc2cc(Cl)cnc2C(=O)NN2CCC2)[C@H](OC(C)=O)[C@@H](N=[N+]=[N-])[C@H]1OC(C)=O. The van der Waals surface area contributed by atoms with Crippen LogP contribution in [0.15, 0.2) is 22.3 Å². The molecule has 1 aromatic heterocycles. The Morgan fingerprint density at radius 1 is 1.22 bits per heavy atom. The number of hydrogen-bond donors (Lipinski definition) is 1. The molecule has 3 heterocycles. The van der Waals surface area contributed by atoms with Crippen LogP contribution in [0.25, 0.3) is 10.4 Å². The lowest BCUT2D eigenvalue weighted by Gasteiger charge is -2.43. The molecular formula is C21H25ClN6O8S. The number of carbonyl (C=O) groups excluding carboxylic acids is 4. The number of ether oxygens (including phenoxy) is 4. The first-order valence-corrected chi connectivity index (χ1v) is 12.4. The predicted molar refractivity (Wildman–Crippen MR) is 128 cm³/mol. The van der Waals surface area contributed by atoms with Crippen molar-refractivity contribution in [3.8, 4) is 0 Å². The van der Waals surface area contributed by atoms with Crippen molar-refractivity contribution in [1.82, 2.24) is 15.4 Å². The molecule has 2 saturated heterocycles. The molecule has 0 aliphatic carbocycles. The van der Waals surface area contributed by atoms with Crippen molar-refractivity contribution in [2.24, 2.45) is 5.11 Å². The molecule has 0 spiro atoms. The number of amides is 1. The van der Waals surface area contributed by atoms with Crippen LogP contribution >= 0.6 is 23.4 Å². The van der Waals surface area contributed by atoms with E-state index in [9.17, 15) is 24.7 Å². The number of thioether (sulfide) groups is 1. The largest absolute Gasteiger partial charge is 0.463 e. The third-order valence-electron chi connectivity index (χ3n) is 5.25. The Morgan fingerprint density at radius 3 is 2.46 bits per heavy atom. The number of nitrogens with one attached hydrogen (secondary N) is 1. The molecule has 3 rings (SSSR count). The predicted octanol–water partition coefficient (Wildman–Crippen LogP) is 2.01. The lowest BCUT2D eigenvalue weighted by Crippen LogP contribution is -2.59. The normalized spacial score (nSPS) is 25.1. The van der Waals surface area contributed by atoms with Crippen molar-refractivity contribution >= 4 is 47.2 Å². The Bertz CT molecular complexity index is 1100. The van der Waals surface area contributed by atoms with E-state index in [4.69, 9.17) is 30.5 Å². The minimum absolute atomic E-state index is 0.0328. The van der Waals surface area contributed by atoms with E-state index >= 15 is 0 Å². The first kappa shape index (κ1) is 28.5. The highest BCUT2D eigenvalue weighted by molar-refractivity contribution is 8.00. The molecule has 2 fully saturated rings. The molecule has 1 N–H and O–H groups in total. The molecule has 1 amide bonds. The van der Waals surface area contributed by atoms with E-state index in [0.717, 1.165) is 32.0 Å². The van der Waals surface area contributed by atoms with Gasteiger partial charge < -0.3 is 18.9 Å². The number of hydrazine groups is 1. The van der Waals surface area contributed by atoms with E-state index in [1.165, 1.54) is 19.2 Å². The smallest absolute Gasteiger partial charge is 0.303 e. The van der Waals surface area contributed by atoms with Gasteiger partial charge in [-0.15, -0.1) is 0 Å². The summed E-state index contributed by atoms with van der Waals surface area (Å²) in [5.74, 6) is -2.56. The number of nitrogens with zero attached hydrogens (tertiary/aromatic N) is 5. The number of hydrogen-bond acceptors (Lipinski definition) is 12. The summed E-state index contributed by atoms with van der Waals surface area (Å²) >= 11 is 7.09. The van der Waals surface area contributed by atoms with Gasteiger partial charge in [-0.25, -0.2) is 9.99 Å². The Morgan fingerprint density at radius 2 is 1.89 bits per heavy atom. The highest BCUT2D eigenvalue weighted by atomic mass is 35.5. The Hall–Kier alpha value is -3.10. The minimum atomic E-state index is -1.26. The highest BCUT2D eigenvalue weighted by Crippen LogP contribution is 2.39. The molecule has 2 aliphatic heterocycles. The second-order valence-corrected chi connectivity index (χ2v) is 9.67. The third kappa shape index (κ3) is 7.69. The van der Waals surface area contributed by atoms with Crippen LogP contribution in [0.5, 0.6) is 0 Å². The van der Waals surface area contributed by atoms with Crippen LogP contribution in [-0.2, 0) is 33.3 Å². The van der Waals surface area contributed by atoms with Crippen molar-refractivity contribution in [1.29, 1.82) is 0 Å². The van der Waals surface area contributed by atoms with Crippen LogP contribution in [0, 0.1) is 0 Å². The summed E-state index contributed by atoms with van der Waals surface area (Å²) in [6.07, 6.45) is -1.35. The standard InChI is InChI=1S/C21H25ClN6O8S/c1-10(29)33-9-14-18(34-11(2)30)17(25-27-23)19(35-12(3)31)21(36-14)37-15-7-13(22)8-24-16(15)20(32)26-28-5-4-6-28/h7-8,14,17-19,21H,4-6,9H2,1-3H3,(H,26,32)/t14-,17+,18+,19-,21-/m1/s1. The van der Waals surface area contributed by atoms with Gasteiger partial charge >= 0.3 is 17.9 Å². The van der Waals surface area contributed by atoms with Gasteiger partial charge in [-0.05, 0) is 18.0 Å². The van der Waals surface area contributed by atoms with Gasteiger partial charge in [-0.3, -0.25) is 24.6 Å². The van der Waals surface area contributed by atoms with Gasteiger partial charge in [-0.2, -0.15) is 0 Å². The van der Waals surface area contributed by atoms with Gasteiger partial charge in [0, 0.05) is 49.9 Å². The number of halogens is 1. The molecule has 16 heteroatoms. The summed E-state index contributed by atoms with van der Waals surface area (Å²) in [5, 5.41) is 5.67. The molecule has 0 unspecified atom stereocenters. The number of carbonyl (C=O) groups is 4. The molecule has 0 radical (unpaired) electrons. The summed E-state index contributed by atoms with van der Waals surface area (Å²) < 4.78 is 21.9. The van der Waals surface area contributed by atoms with E-state index in [-0.39, 0.29) is 22.2 Å². The topological polar surface area (TPSA) is 182 Å². The second-order valence-electron chi connectivity index (χ2n) is 8.09. The molecule has 1 aromatic rings. The molecule has 0 saturated carbocycles. The maximum absolute atomic E-state index is 12.9. The minimum Gasteiger partial charge on any atom is -0.463 e. The number of pyridine rings is 1. The van der Waals surface area contributed by atoms with Crippen LogP contribution in [0.2, 0.25) is 5.02 Å². The van der Waals surface area contributed by atoms with E-state index in [2.05, 4.69) is 20.4 Å². The van der Waals surface area contributed by atoms with Gasteiger partial charge in [0.15, 0.2) is 0 Å². The van der Waals surface area contributed by atoms with Crippen molar-refractivity contribution < 1.29 is 38.1 Å². The van der Waals surface area contributed by atoms with E-state index in [1.54, 1.807) is 5.01 Å². The summed E-state index contributed by atoms with van der Waals surface area (Å²) in [4.78, 5) is 55.4. The quantitative estimate of drug-likeness (QED) is 0.154. The van der Waals surface area contributed by atoms with Crippen molar-refractivity contribution in [3.63, 3.8) is 0 Å². The number of azide groups is 1. The van der Waals surface area contributed by atoms with Gasteiger partial charge in [0.2, 0.25) is 0 Å². The first-order chi connectivity index (χ1) is 17.6. The fourth-order valence-corrected chi connectivity index (χ4v) is 5.07. The Labute approximate surface area is 220 Å². The maximum Gasteiger partial charge on any atom is 0.303 e. The van der Waals surface area contributed by atoms with Crippen LogP contribution in [0.1, 0.15) is 37.7 Å². The summed E-state index contributed by atoms with van der Waals surface area (Å²) in [7, 11) is 0. The van der Waals surface area contributed by atoms with Crippen LogP contribution in [0.4, 0.5) is 0 Å². The summed E-state index contributed by atoms with van der Waals surface area (Å²) in [6, 6.07) is 0.232. The van der Waals surface area contributed by atoms with E-state index in [1.807, 2.05) is 0 Å². The lowest BCUT2D eigenvalue weighted by molar-refractivity contribution is -0.201.